The average molecular weight is 158 g/mol. The van der Waals surface area contributed by atoms with Gasteiger partial charge in [0.1, 0.15) is 0 Å². The van der Waals surface area contributed by atoms with Crippen molar-refractivity contribution in [1.82, 2.24) is 0 Å². The summed E-state index contributed by atoms with van der Waals surface area (Å²) in [6, 6.07) is 10.1. The fourth-order valence-corrected chi connectivity index (χ4v) is 1.23. The van der Waals surface area contributed by atoms with E-state index < -0.39 is 0 Å². The van der Waals surface area contributed by atoms with E-state index in [9.17, 15) is 0 Å². The zero-order chi connectivity index (χ0) is 8.39. The molecule has 0 saturated heterocycles. The lowest BCUT2D eigenvalue weighted by atomic mass is 10.1. The first-order valence-electron chi connectivity index (χ1n) is 3.92. The Morgan fingerprint density at radius 3 is 2.50 bits per heavy atom. The Hall–Kier alpha value is -1.57. The maximum Gasteiger partial charge on any atom is 0.0792 e. The predicted octanol–water partition coefficient (Wildman–Crippen LogP) is 1.33. The number of rotatable bonds is 1. The van der Waals surface area contributed by atoms with Crippen LogP contribution in [-0.4, -0.2) is 12.3 Å². The Labute approximate surface area is 71.4 Å². The quantitative estimate of drug-likeness (QED) is 0.658. The van der Waals surface area contributed by atoms with Crippen LogP contribution in [0.2, 0.25) is 0 Å². The second kappa shape index (κ2) is 2.81. The molecule has 0 spiro atoms. The molecular weight excluding hydrogens is 148 g/mol. The van der Waals surface area contributed by atoms with Crippen molar-refractivity contribution in [1.29, 1.82) is 0 Å². The summed E-state index contributed by atoms with van der Waals surface area (Å²) in [4.78, 5) is 4.29. The van der Waals surface area contributed by atoms with Crippen LogP contribution in [0.1, 0.15) is 5.56 Å². The van der Waals surface area contributed by atoms with E-state index in [1.807, 2.05) is 36.4 Å². The van der Waals surface area contributed by atoms with Crippen molar-refractivity contribution < 1.29 is 0 Å². The molecule has 1 aromatic rings. The van der Waals surface area contributed by atoms with E-state index in [-0.39, 0.29) is 0 Å². The first-order chi connectivity index (χ1) is 5.86. The van der Waals surface area contributed by atoms with Gasteiger partial charge in [-0.25, -0.2) is 0 Å². The van der Waals surface area contributed by atoms with Gasteiger partial charge in [0.25, 0.3) is 0 Å². The third kappa shape index (κ3) is 1.23. The maximum atomic E-state index is 5.61. The van der Waals surface area contributed by atoms with Gasteiger partial charge in [-0.05, 0) is 11.6 Å². The van der Waals surface area contributed by atoms with E-state index in [4.69, 9.17) is 5.73 Å². The summed E-state index contributed by atoms with van der Waals surface area (Å²) in [5.74, 6) is 0. The number of aliphatic imine (C=N–C) groups is 1. The van der Waals surface area contributed by atoms with Crippen LogP contribution in [-0.2, 0) is 0 Å². The predicted molar refractivity (Wildman–Crippen MR) is 50.1 cm³/mol. The number of benzene rings is 1. The second-order valence-corrected chi connectivity index (χ2v) is 2.79. The van der Waals surface area contributed by atoms with Crippen molar-refractivity contribution in [2.75, 3.05) is 6.54 Å². The molecule has 0 saturated carbocycles. The highest BCUT2D eigenvalue weighted by molar-refractivity contribution is 6.10. The maximum absolute atomic E-state index is 5.61. The van der Waals surface area contributed by atoms with E-state index >= 15 is 0 Å². The van der Waals surface area contributed by atoms with Gasteiger partial charge in [-0.3, -0.25) is 4.99 Å². The number of hydrogen-bond donors (Lipinski definition) is 1. The molecule has 1 aromatic carbocycles. The van der Waals surface area contributed by atoms with Crippen LogP contribution in [0.3, 0.4) is 0 Å². The van der Waals surface area contributed by atoms with Gasteiger partial charge in [0.15, 0.2) is 0 Å². The highest BCUT2D eigenvalue weighted by atomic mass is 14.8. The van der Waals surface area contributed by atoms with Crippen LogP contribution in [0.4, 0.5) is 0 Å². The number of nitrogens with zero attached hydrogens (tertiary/aromatic N) is 1. The van der Waals surface area contributed by atoms with Crippen LogP contribution in [0.25, 0.3) is 0 Å². The van der Waals surface area contributed by atoms with Crippen LogP contribution < -0.4 is 5.73 Å². The molecule has 0 radical (unpaired) electrons. The van der Waals surface area contributed by atoms with Crippen LogP contribution in [0.15, 0.2) is 47.1 Å². The average Bonchev–Trinajstić information content (AvgIpc) is 2.54. The van der Waals surface area contributed by atoms with Gasteiger partial charge in [0.2, 0.25) is 0 Å². The molecule has 0 aliphatic carbocycles. The van der Waals surface area contributed by atoms with Gasteiger partial charge in [-0.15, -0.1) is 0 Å². The van der Waals surface area contributed by atoms with E-state index in [2.05, 4.69) is 4.99 Å². The second-order valence-electron chi connectivity index (χ2n) is 2.79. The Balaban J connectivity index is 2.34. The number of allylic oxidation sites excluding steroid dienone is 1. The molecule has 2 N–H and O–H groups in total. The van der Waals surface area contributed by atoms with Gasteiger partial charge in [0.05, 0.1) is 12.3 Å². The molecular formula is C10H10N2. The van der Waals surface area contributed by atoms with Gasteiger partial charge in [0, 0.05) is 5.70 Å². The fourth-order valence-electron chi connectivity index (χ4n) is 1.23. The highest BCUT2D eigenvalue weighted by Crippen LogP contribution is 2.08. The summed E-state index contributed by atoms with van der Waals surface area (Å²) in [7, 11) is 0. The minimum Gasteiger partial charge on any atom is -0.400 e. The van der Waals surface area contributed by atoms with Gasteiger partial charge in [-0.1, -0.05) is 30.3 Å². The molecule has 12 heavy (non-hydrogen) atoms. The third-order valence-corrected chi connectivity index (χ3v) is 1.82. The molecule has 1 heterocycles. The largest absolute Gasteiger partial charge is 0.400 e. The van der Waals surface area contributed by atoms with Crippen molar-refractivity contribution in [2.45, 2.75) is 0 Å². The lowest BCUT2D eigenvalue weighted by Crippen LogP contribution is -1.96. The minimum absolute atomic E-state index is 0.643. The molecule has 2 nitrogen and oxygen atoms in total. The minimum atomic E-state index is 0.643. The van der Waals surface area contributed by atoms with E-state index in [1.165, 1.54) is 0 Å². The molecule has 0 unspecified atom stereocenters. The van der Waals surface area contributed by atoms with Crippen molar-refractivity contribution in [3.8, 4) is 0 Å². The fraction of sp³-hybridized carbons (Fsp3) is 0.100. The SMILES string of the molecule is NC1=CC(c2ccccc2)=NC1. The van der Waals surface area contributed by atoms with E-state index in [1.54, 1.807) is 0 Å². The molecule has 1 aliphatic rings. The molecule has 0 atom stereocenters. The monoisotopic (exact) mass is 158 g/mol. The molecule has 0 amide bonds. The van der Waals surface area contributed by atoms with Crippen molar-refractivity contribution in [3.05, 3.63) is 47.7 Å². The molecule has 60 valence electrons. The molecule has 0 bridgehead atoms. The number of nitrogens with two attached hydrogens (primary N) is 1. The summed E-state index contributed by atoms with van der Waals surface area (Å²) >= 11 is 0. The Morgan fingerprint density at radius 2 is 1.92 bits per heavy atom. The van der Waals surface area contributed by atoms with Gasteiger partial charge < -0.3 is 5.73 Å². The van der Waals surface area contributed by atoms with E-state index in [0.29, 0.717) is 6.54 Å². The molecule has 2 rings (SSSR count). The summed E-state index contributed by atoms with van der Waals surface area (Å²) in [6.07, 6.45) is 1.93. The first kappa shape index (κ1) is 7.10. The van der Waals surface area contributed by atoms with Crippen LogP contribution >= 0.6 is 0 Å². The van der Waals surface area contributed by atoms with Crippen LogP contribution in [0, 0.1) is 0 Å². The normalized spacial score (nSPS) is 15.7. The molecule has 2 heteroatoms. The molecule has 0 aromatic heterocycles. The smallest absolute Gasteiger partial charge is 0.0792 e. The third-order valence-electron chi connectivity index (χ3n) is 1.82. The zero-order valence-corrected chi connectivity index (χ0v) is 6.70. The summed E-state index contributed by atoms with van der Waals surface area (Å²) in [6.45, 7) is 0.643. The van der Waals surface area contributed by atoms with Crippen LogP contribution in [0.5, 0.6) is 0 Å². The lowest BCUT2D eigenvalue weighted by Gasteiger charge is -1.95. The zero-order valence-electron chi connectivity index (χ0n) is 6.70. The topological polar surface area (TPSA) is 38.4 Å². The lowest BCUT2D eigenvalue weighted by molar-refractivity contribution is 1.14. The van der Waals surface area contributed by atoms with Crippen molar-refractivity contribution >= 4 is 5.71 Å². The highest BCUT2D eigenvalue weighted by Gasteiger charge is 2.05. The van der Waals surface area contributed by atoms with Crippen molar-refractivity contribution in [3.63, 3.8) is 0 Å². The Morgan fingerprint density at radius 1 is 1.17 bits per heavy atom. The Kier molecular flexibility index (Phi) is 1.67. The molecule has 0 fully saturated rings. The van der Waals surface area contributed by atoms with E-state index in [0.717, 1.165) is 17.0 Å². The standard InChI is InChI=1S/C10H10N2/c11-9-6-10(12-7-9)8-4-2-1-3-5-8/h1-6H,7,11H2. The number of hydrogen-bond acceptors (Lipinski definition) is 2. The molecule has 1 aliphatic heterocycles. The van der Waals surface area contributed by atoms with Gasteiger partial charge in [-0.2, -0.15) is 0 Å². The Bertz CT molecular complexity index is 336. The summed E-state index contributed by atoms with van der Waals surface area (Å²) in [5.41, 5.74) is 8.58. The van der Waals surface area contributed by atoms with Gasteiger partial charge >= 0.3 is 0 Å². The summed E-state index contributed by atoms with van der Waals surface area (Å²) < 4.78 is 0. The van der Waals surface area contributed by atoms with Crippen molar-refractivity contribution in [2.24, 2.45) is 10.7 Å². The summed E-state index contributed by atoms with van der Waals surface area (Å²) in [5, 5.41) is 0. The first-order valence-corrected chi connectivity index (χ1v) is 3.92.